The lowest BCUT2D eigenvalue weighted by atomic mass is 10.0. The highest BCUT2D eigenvalue weighted by Crippen LogP contribution is 2.07. The van der Waals surface area contributed by atoms with E-state index in [0.717, 1.165) is 7.11 Å². The molecular weight excluding hydrogens is 594 g/mol. The van der Waals surface area contributed by atoms with Crippen LogP contribution >= 0.6 is 0 Å². The van der Waals surface area contributed by atoms with E-state index in [0.29, 0.717) is 19.5 Å². The van der Waals surface area contributed by atoms with Gasteiger partial charge in [-0.1, -0.05) is 13.8 Å². The van der Waals surface area contributed by atoms with Gasteiger partial charge in [0.15, 0.2) is 12.5 Å². The summed E-state index contributed by atoms with van der Waals surface area (Å²) in [6, 6.07) is -5.32. The highest BCUT2D eigenvalue weighted by molar-refractivity contribution is 5.96. The lowest BCUT2D eigenvalue weighted by Crippen LogP contribution is -2.58. The Labute approximate surface area is 253 Å². The van der Waals surface area contributed by atoms with Gasteiger partial charge in [-0.05, 0) is 25.7 Å². The Kier molecular flexibility index (Phi) is 17.4. The molecule has 1 fully saturated rings. The van der Waals surface area contributed by atoms with Crippen molar-refractivity contribution in [2.75, 3.05) is 53.3 Å². The topological polar surface area (TPSA) is 211 Å². The van der Waals surface area contributed by atoms with Crippen molar-refractivity contribution in [1.29, 1.82) is 0 Å². The van der Waals surface area contributed by atoms with Gasteiger partial charge in [-0.15, -0.1) is 0 Å². The van der Waals surface area contributed by atoms with E-state index in [2.05, 4.69) is 36.2 Å². The molecule has 44 heavy (non-hydrogen) atoms. The number of halogens is 2. The SMILES string of the molecule is COC(=O)CC(NC(=O)C(C)NC(=O)C(NC(=O)C(CCN1CCCNC1=O)NOCCOC(=O)CF)C(C)C)C(=O)CF. The molecule has 18 heteroatoms. The summed E-state index contributed by atoms with van der Waals surface area (Å²) in [5.74, 6) is -5.82. The second-order valence-electron chi connectivity index (χ2n) is 10.1. The Hall–Kier alpha value is -3.93. The van der Waals surface area contributed by atoms with E-state index in [1.165, 1.54) is 11.8 Å². The fraction of sp³-hybridized carbons (Fsp3) is 0.731. The largest absolute Gasteiger partial charge is 0.469 e. The van der Waals surface area contributed by atoms with Crippen molar-refractivity contribution < 1.29 is 56.7 Å². The molecule has 0 radical (unpaired) electrons. The summed E-state index contributed by atoms with van der Waals surface area (Å²) in [7, 11) is 1.06. The second kappa shape index (κ2) is 20.1. The fourth-order valence-electron chi connectivity index (χ4n) is 3.86. The first kappa shape index (κ1) is 38.1. The van der Waals surface area contributed by atoms with Crippen molar-refractivity contribution in [3.05, 3.63) is 0 Å². The fourth-order valence-corrected chi connectivity index (χ4v) is 3.86. The summed E-state index contributed by atoms with van der Waals surface area (Å²) < 4.78 is 34.2. The van der Waals surface area contributed by atoms with Gasteiger partial charge >= 0.3 is 18.0 Å². The number of nitrogens with one attached hydrogen (secondary N) is 5. The smallest absolute Gasteiger partial charge is 0.337 e. The number of nitrogens with zero attached hydrogens (tertiary/aromatic N) is 1. The highest BCUT2D eigenvalue weighted by Gasteiger charge is 2.32. The maximum absolute atomic E-state index is 13.3. The van der Waals surface area contributed by atoms with Gasteiger partial charge in [0.1, 0.15) is 44.1 Å². The molecule has 1 aliphatic rings. The molecule has 16 nitrogen and oxygen atoms in total. The molecule has 0 aromatic heterocycles. The van der Waals surface area contributed by atoms with Crippen LogP contribution in [-0.4, -0.2) is 124 Å². The molecule has 1 saturated heterocycles. The molecule has 0 aromatic rings. The van der Waals surface area contributed by atoms with Gasteiger partial charge in [-0.25, -0.2) is 18.4 Å². The maximum atomic E-state index is 13.3. The molecule has 5 N–H and O–H groups in total. The van der Waals surface area contributed by atoms with Crippen LogP contribution in [0.4, 0.5) is 13.6 Å². The number of ether oxygens (including phenoxy) is 2. The number of hydrogen-bond acceptors (Lipinski definition) is 11. The molecule has 1 aliphatic heterocycles. The van der Waals surface area contributed by atoms with Crippen molar-refractivity contribution in [2.24, 2.45) is 5.92 Å². The summed E-state index contributed by atoms with van der Waals surface area (Å²) in [6.45, 7) is 2.43. The van der Waals surface area contributed by atoms with E-state index in [1.54, 1.807) is 13.8 Å². The third-order valence-corrected chi connectivity index (χ3v) is 6.39. The van der Waals surface area contributed by atoms with Crippen molar-refractivity contribution in [3.8, 4) is 0 Å². The quantitative estimate of drug-likeness (QED) is 0.0585. The standard InChI is InChI=1S/C26H42F2N6O10/c1-15(2)22(25(40)30-16(3)23(38)31-18(19(35)13-27)12-20(36)42-4)32-24(39)17(33-44-11-10-43-21(37)14-28)6-9-34-8-5-7-29-26(34)41/h15-18,22,33H,5-14H2,1-4H3,(H,29,41)(H,30,40)(H,31,38)(H,32,39). The Morgan fingerprint density at radius 1 is 0.909 bits per heavy atom. The first-order valence-electron chi connectivity index (χ1n) is 14.0. The third kappa shape index (κ3) is 13.6. The minimum atomic E-state index is -1.51. The Balaban J connectivity index is 2.89. The number of ketones is 1. The van der Waals surface area contributed by atoms with Gasteiger partial charge in [-0.3, -0.25) is 28.8 Å². The lowest BCUT2D eigenvalue weighted by molar-refractivity contribution is -0.148. The van der Waals surface area contributed by atoms with Crippen molar-refractivity contribution in [3.63, 3.8) is 0 Å². The summed E-state index contributed by atoms with van der Waals surface area (Å²) in [6.07, 6.45) is 0.155. The molecule has 0 bridgehead atoms. The van der Waals surface area contributed by atoms with Crippen molar-refractivity contribution >= 4 is 41.5 Å². The normalized spacial score (nSPS) is 15.7. The Morgan fingerprint density at radius 2 is 1.61 bits per heavy atom. The molecule has 0 spiro atoms. The van der Waals surface area contributed by atoms with Gasteiger partial charge in [0.2, 0.25) is 17.7 Å². The zero-order valence-corrected chi connectivity index (χ0v) is 25.2. The third-order valence-electron chi connectivity index (χ3n) is 6.39. The molecule has 250 valence electrons. The van der Waals surface area contributed by atoms with Gasteiger partial charge < -0.3 is 35.6 Å². The number of Topliss-reactive ketones (excluding diaryl/α,β-unsaturated/α-hetero) is 1. The number of rotatable bonds is 20. The molecule has 4 unspecified atom stereocenters. The van der Waals surface area contributed by atoms with Crippen LogP contribution in [0.1, 0.15) is 40.0 Å². The number of esters is 2. The number of methoxy groups -OCH3 is 1. The number of urea groups is 1. The van der Waals surface area contributed by atoms with Crippen LogP contribution in [0.2, 0.25) is 0 Å². The number of carbonyl (C=O) groups excluding carboxylic acids is 7. The van der Waals surface area contributed by atoms with Crippen LogP contribution < -0.4 is 26.7 Å². The summed E-state index contributed by atoms with van der Waals surface area (Å²) in [5.41, 5.74) is 2.51. The van der Waals surface area contributed by atoms with Crippen LogP contribution in [0.5, 0.6) is 0 Å². The minimum Gasteiger partial charge on any atom is -0.469 e. The molecular formula is C26H42F2N6O10. The average molecular weight is 637 g/mol. The lowest BCUT2D eigenvalue weighted by Gasteiger charge is -2.30. The number of alkyl halides is 2. The summed E-state index contributed by atoms with van der Waals surface area (Å²) >= 11 is 0. The van der Waals surface area contributed by atoms with E-state index in [4.69, 9.17) is 4.84 Å². The zero-order chi connectivity index (χ0) is 33.2. The van der Waals surface area contributed by atoms with Crippen LogP contribution in [0.25, 0.3) is 0 Å². The van der Waals surface area contributed by atoms with E-state index in [-0.39, 0.29) is 32.2 Å². The molecule has 0 aromatic carbocycles. The predicted molar refractivity (Wildman–Crippen MR) is 148 cm³/mol. The minimum absolute atomic E-state index is 0.0545. The van der Waals surface area contributed by atoms with E-state index >= 15 is 0 Å². The molecule has 0 saturated carbocycles. The number of amides is 5. The van der Waals surface area contributed by atoms with Crippen LogP contribution in [0.15, 0.2) is 0 Å². The molecule has 0 aliphatic carbocycles. The maximum Gasteiger partial charge on any atom is 0.337 e. The van der Waals surface area contributed by atoms with Crippen molar-refractivity contribution in [1.82, 2.24) is 31.6 Å². The van der Waals surface area contributed by atoms with Crippen LogP contribution in [-0.2, 0) is 43.1 Å². The van der Waals surface area contributed by atoms with Crippen LogP contribution in [0.3, 0.4) is 0 Å². The average Bonchev–Trinajstić information content (AvgIpc) is 3.00. The molecule has 1 rings (SSSR count). The monoisotopic (exact) mass is 636 g/mol. The highest BCUT2D eigenvalue weighted by atomic mass is 19.1. The van der Waals surface area contributed by atoms with Crippen molar-refractivity contribution in [2.45, 2.75) is 64.2 Å². The number of hydrogen-bond donors (Lipinski definition) is 5. The van der Waals surface area contributed by atoms with E-state index in [9.17, 15) is 42.3 Å². The number of hydroxylamine groups is 1. The Bertz CT molecular complexity index is 1020. The van der Waals surface area contributed by atoms with Gasteiger partial charge in [0.25, 0.3) is 0 Å². The summed E-state index contributed by atoms with van der Waals surface area (Å²) in [5, 5.41) is 9.91. The molecule has 4 atom stereocenters. The first-order valence-corrected chi connectivity index (χ1v) is 14.0. The van der Waals surface area contributed by atoms with Crippen LogP contribution in [0, 0.1) is 5.92 Å². The summed E-state index contributed by atoms with van der Waals surface area (Å²) in [4.78, 5) is 92.2. The van der Waals surface area contributed by atoms with Gasteiger partial charge in [-0.2, -0.15) is 5.48 Å². The molecule has 1 heterocycles. The Morgan fingerprint density at radius 3 is 2.20 bits per heavy atom. The van der Waals surface area contributed by atoms with Gasteiger partial charge in [0.05, 0.1) is 13.5 Å². The van der Waals surface area contributed by atoms with Gasteiger partial charge in [0, 0.05) is 19.6 Å². The van der Waals surface area contributed by atoms with E-state index < -0.39 is 85.3 Å². The molecule has 5 amide bonds. The van der Waals surface area contributed by atoms with E-state index in [1.807, 2.05) is 0 Å². The zero-order valence-electron chi connectivity index (χ0n) is 25.2. The first-order chi connectivity index (χ1) is 20.8. The second-order valence-corrected chi connectivity index (χ2v) is 10.1. The predicted octanol–water partition coefficient (Wildman–Crippen LogP) is -1.57. The number of carbonyl (C=O) groups is 7.